The van der Waals surface area contributed by atoms with Crippen molar-refractivity contribution in [1.29, 1.82) is 0 Å². The molecule has 0 spiro atoms. The Balaban J connectivity index is 1.90. The highest BCUT2D eigenvalue weighted by Gasteiger charge is 2.35. The number of hydrogen-bond acceptors (Lipinski definition) is 2. The smallest absolute Gasteiger partial charge is 0.181 e. The van der Waals surface area contributed by atoms with Crippen LogP contribution in [0.4, 0.5) is 0 Å². The molecule has 3 rings (SSSR count). The number of imidazole rings is 1. The molecule has 1 saturated carbocycles. The van der Waals surface area contributed by atoms with Crippen LogP contribution in [0.25, 0.3) is 0 Å². The first-order valence-electron chi connectivity index (χ1n) is 7.55. The lowest BCUT2D eigenvalue weighted by molar-refractivity contribution is 0.0896. The molecular formula is C16H24N2O. The Bertz CT molecular complexity index is 493. The second kappa shape index (κ2) is 4.46. The molecule has 0 amide bonds. The molecule has 19 heavy (non-hydrogen) atoms. The third-order valence-electron chi connectivity index (χ3n) is 4.80. The Hall–Kier alpha value is -1.12. The molecule has 0 radical (unpaired) electrons. The van der Waals surface area contributed by atoms with E-state index in [1.54, 1.807) is 0 Å². The van der Waals surface area contributed by atoms with Crippen molar-refractivity contribution in [3.8, 4) is 0 Å². The molecule has 0 aromatic carbocycles. The van der Waals surface area contributed by atoms with Crippen molar-refractivity contribution < 1.29 is 4.79 Å². The van der Waals surface area contributed by atoms with Gasteiger partial charge in [-0.25, -0.2) is 4.98 Å². The van der Waals surface area contributed by atoms with Crippen LogP contribution in [0.2, 0.25) is 0 Å². The summed E-state index contributed by atoms with van der Waals surface area (Å²) in [6.07, 6.45) is 8.46. The van der Waals surface area contributed by atoms with Crippen molar-refractivity contribution in [3.63, 3.8) is 0 Å². The summed E-state index contributed by atoms with van der Waals surface area (Å²) in [6.45, 7) is 6.65. The number of rotatable bonds is 1. The summed E-state index contributed by atoms with van der Waals surface area (Å²) >= 11 is 0. The standard InChI is InChI=1S/C16H24N2O/c1-11-4-6-12(7-5-11)18-10-17-13-8-16(2,3)9-14(19)15(13)18/h10-12H,4-9H2,1-3H3/t11-,12+. The summed E-state index contributed by atoms with van der Waals surface area (Å²) in [7, 11) is 0. The number of ketones is 1. The van der Waals surface area contributed by atoms with E-state index in [9.17, 15) is 4.79 Å². The molecule has 1 heterocycles. The van der Waals surface area contributed by atoms with Gasteiger partial charge in [-0.2, -0.15) is 0 Å². The minimum absolute atomic E-state index is 0.0738. The lowest BCUT2D eigenvalue weighted by Crippen LogP contribution is -2.29. The lowest BCUT2D eigenvalue weighted by Gasteiger charge is -2.31. The van der Waals surface area contributed by atoms with E-state index < -0.39 is 0 Å². The fraction of sp³-hybridized carbons (Fsp3) is 0.750. The van der Waals surface area contributed by atoms with Gasteiger partial charge in [-0.1, -0.05) is 20.8 Å². The highest BCUT2D eigenvalue weighted by molar-refractivity contribution is 5.97. The SMILES string of the molecule is CC1(C)CC(=O)c2c(ncn2[C@H]2CC[C@@H](C)CC2)C1. The van der Waals surface area contributed by atoms with E-state index in [2.05, 4.69) is 30.3 Å². The molecule has 2 aliphatic carbocycles. The minimum Gasteiger partial charge on any atom is -0.325 e. The molecule has 104 valence electrons. The molecule has 0 atom stereocenters. The molecule has 2 aliphatic rings. The summed E-state index contributed by atoms with van der Waals surface area (Å²) < 4.78 is 2.19. The third kappa shape index (κ3) is 2.35. The molecule has 3 heteroatoms. The molecule has 0 aliphatic heterocycles. The van der Waals surface area contributed by atoms with Gasteiger partial charge >= 0.3 is 0 Å². The zero-order chi connectivity index (χ0) is 13.6. The third-order valence-corrected chi connectivity index (χ3v) is 4.80. The number of carbonyl (C=O) groups excluding carboxylic acids is 1. The first-order valence-corrected chi connectivity index (χ1v) is 7.55. The average Bonchev–Trinajstić information content (AvgIpc) is 2.72. The molecule has 1 aromatic heterocycles. The van der Waals surface area contributed by atoms with Gasteiger partial charge in [0, 0.05) is 12.5 Å². The normalized spacial score (nSPS) is 30.2. The second-order valence-corrected chi connectivity index (χ2v) is 7.30. The molecule has 1 fully saturated rings. The largest absolute Gasteiger partial charge is 0.325 e. The predicted octanol–water partition coefficient (Wildman–Crippen LogP) is 3.79. The summed E-state index contributed by atoms with van der Waals surface area (Å²) in [5.74, 6) is 1.13. The average molecular weight is 260 g/mol. The van der Waals surface area contributed by atoms with Crippen molar-refractivity contribution in [3.05, 3.63) is 17.7 Å². The Kier molecular flexibility index (Phi) is 3.03. The monoisotopic (exact) mass is 260 g/mol. The van der Waals surface area contributed by atoms with E-state index in [1.165, 1.54) is 25.7 Å². The molecule has 3 nitrogen and oxygen atoms in total. The van der Waals surface area contributed by atoms with Crippen molar-refractivity contribution in [1.82, 2.24) is 9.55 Å². The quantitative estimate of drug-likeness (QED) is 0.770. The molecule has 1 aromatic rings. The number of fused-ring (bicyclic) bond motifs is 1. The highest BCUT2D eigenvalue weighted by Crippen LogP contribution is 2.38. The van der Waals surface area contributed by atoms with Gasteiger partial charge in [-0.05, 0) is 43.4 Å². The zero-order valence-corrected chi connectivity index (χ0v) is 12.3. The van der Waals surface area contributed by atoms with E-state index in [1.807, 2.05) is 6.33 Å². The summed E-state index contributed by atoms with van der Waals surface area (Å²) in [4.78, 5) is 17.0. The van der Waals surface area contributed by atoms with Crippen LogP contribution in [0.15, 0.2) is 6.33 Å². The molecule has 0 saturated heterocycles. The van der Waals surface area contributed by atoms with Crippen LogP contribution in [-0.4, -0.2) is 15.3 Å². The van der Waals surface area contributed by atoms with E-state index in [0.717, 1.165) is 23.7 Å². The Morgan fingerprint density at radius 1 is 1.21 bits per heavy atom. The second-order valence-electron chi connectivity index (χ2n) is 7.30. The maximum absolute atomic E-state index is 12.4. The minimum atomic E-state index is 0.0738. The van der Waals surface area contributed by atoms with Crippen molar-refractivity contribution in [2.45, 2.75) is 65.3 Å². The summed E-state index contributed by atoms with van der Waals surface area (Å²) in [5, 5.41) is 0. The van der Waals surface area contributed by atoms with Crippen LogP contribution in [0, 0.1) is 11.3 Å². The number of Topliss-reactive ketones (excluding diaryl/α,β-unsaturated/α-hetero) is 1. The number of nitrogens with zero attached hydrogens (tertiary/aromatic N) is 2. The summed E-state index contributed by atoms with van der Waals surface area (Å²) in [6, 6.07) is 0.498. The highest BCUT2D eigenvalue weighted by atomic mass is 16.1. The number of hydrogen-bond donors (Lipinski definition) is 0. The zero-order valence-electron chi connectivity index (χ0n) is 12.3. The van der Waals surface area contributed by atoms with E-state index in [-0.39, 0.29) is 5.41 Å². The van der Waals surface area contributed by atoms with Gasteiger partial charge in [-0.3, -0.25) is 4.79 Å². The van der Waals surface area contributed by atoms with Crippen LogP contribution in [-0.2, 0) is 6.42 Å². The van der Waals surface area contributed by atoms with Crippen LogP contribution in [0.3, 0.4) is 0 Å². The maximum Gasteiger partial charge on any atom is 0.181 e. The van der Waals surface area contributed by atoms with Crippen molar-refractivity contribution in [2.75, 3.05) is 0 Å². The number of carbonyl (C=O) groups is 1. The van der Waals surface area contributed by atoms with Gasteiger partial charge in [0.1, 0.15) is 5.69 Å². The lowest BCUT2D eigenvalue weighted by atomic mass is 9.77. The molecule has 0 unspecified atom stereocenters. The van der Waals surface area contributed by atoms with Crippen molar-refractivity contribution >= 4 is 5.78 Å². The van der Waals surface area contributed by atoms with Crippen LogP contribution >= 0.6 is 0 Å². The van der Waals surface area contributed by atoms with Crippen LogP contribution < -0.4 is 0 Å². The van der Waals surface area contributed by atoms with Gasteiger partial charge in [0.25, 0.3) is 0 Å². The van der Waals surface area contributed by atoms with Gasteiger partial charge in [-0.15, -0.1) is 0 Å². The van der Waals surface area contributed by atoms with Gasteiger partial charge in [0.15, 0.2) is 5.78 Å². The van der Waals surface area contributed by atoms with Gasteiger partial charge in [0.2, 0.25) is 0 Å². The van der Waals surface area contributed by atoms with Crippen molar-refractivity contribution in [2.24, 2.45) is 11.3 Å². The topological polar surface area (TPSA) is 34.9 Å². The molecule has 0 bridgehead atoms. The first kappa shape index (κ1) is 12.9. The van der Waals surface area contributed by atoms with Crippen LogP contribution in [0.1, 0.15) is 75.1 Å². The molecule has 0 N–H and O–H groups in total. The van der Waals surface area contributed by atoms with E-state index in [0.29, 0.717) is 18.2 Å². The molecular weight excluding hydrogens is 236 g/mol. The van der Waals surface area contributed by atoms with Gasteiger partial charge < -0.3 is 4.57 Å². The predicted molar refractivity (Wildman–Crippen MR) is 75.3 cm³/mol. The van der Waals surface area contributed by atoms with E-state index in [4.69, 9.17) is 0 Å². The van der Waals surface area contributed by atoms with Crippen LogP contribution in [0.5, 0.6) is 0 Å². The number of aromatic nitrogens is 2. The first-order chi connectivity index (χ1) is 8.96. The Morgan fingerprint density at radius 3 is 2.58 bits per heavy atom. The fourth-order valence-corrected chi connectivity index (χ4v) is 3.67. The van der Waals surface area contributed by atoms with Gasteiger partial charge in [0.05, 0.1) is 12.0 Å². The Labute approximate surface area is 115 Å². The summed E-state index contributed by atoms with van der Waals surface area (Å²) in [5.41, 5.74) is 2.02. The Morgan fingerprint density at radius 2 is 1.89 bits per heavy atom. The maximum atomic E-state index is 12.4. The fourth-order valence-electron chi connectivity index (χ4n) is 3.67. The van der Waals surface area contributed by atoms with E-state index >= 15 is 0 Å².